The third-order valence-electron chi connectivity index (χ3n) is 4.40. The van der Waals surface area contributed by atoms with Crippen LogP contribution >= 0.6 is 0 Å². The molecule has 1 fully saturated rings. The molecule has 2 atom stereocenters. The highest BCUT2D eigenvalue weighted by Gasteiger charge is 2.39. The average Bonchev–Trinajstić information content (AvgIpc) is 2.77. The van der Waals surface area contributed by atoms with E-state index in [1.807, 2.05) is 0 Å². The van der Waals surface area contributed by atoms with Crippen LogP contribution in [0.2, 0.25) is 0 Å². The van der Waals surface area contributed by atoms with E-state index in [-0.39, 0.29) is 23.3 Å². The molecule has 2 heterocycles. The van der Waals surface area contributed by atoms with Gasteiger partial charge in [-0.05, 0) is 24.8 Å². The Morgan fingerprint density at radius 2 is 1.95 bits per heavy atom. The first-order valence-electron chi connectivity index (χ1n) is 8.16. The number of nitrogens with one attached hydrogen (secondary N) is 1. The van der Waals surface area contributed by atoms with Crippen molar-refractivity contribution in [2.45, 2.75) is 66.5 Å². The van der Waals surface area contributed by atoms with E-state index in [0.29, 0.717) is 6.54 Å². The third-order valence-corrected chi connectivity index (χ3v) is 5.85. The second kappa shape index (κ2) is 5.96. The maximum Gasteiger partial charge on any atom is 0.211 e. The summed E-state index contributed by atoms with van der Waals surface area (Å²) >= 11 is 0. The molecule has 0 saturated carbocycles. The van der Waals surface area contributed by atoms with Gasteiger partial charge in [0.1, 0.15) is 5.84 Å². The Morgan fingerprint density at radius 1 is 1.32 bits per heavy atom. The van der Waals surface area contributed by atoms with Crippen LogP contribution in [0.4, 0.5) is 0 Å². The molecule has 0 aromatic heterocycles. The molecule has 2 rings (SSSR count). The predicted molar refractivity (Wildman–Crippen MR) is 91.4 cm³/mol. The molecule has 0 aromatic rings. The summed E-state index contributed by atoms with van der Waals surface area (Å²) in [7, 11) is -3.18. The molecule has 0 unspecified atom stereocenters. The van der Waals surface area contributed by atoms with Crippen molar-refractivity contribution in [3.63, 3.8) is 0 Å². The van der Waals surface area contributed by atoms with Crippen LogP contribution in [0.25, 0.3) is 0 Å². The summed E-state index contributed by atoms with van der Waals surface area (Å²) in [6.07, 6.45) is 1.63. The van der Waals surface area contributed by atoms with E-state index in [9.17, 15) is 8.42 Å². The third kappa shape index (κ3) is 3.38. The van der Waals surface area contributed by atoms with Gasteiger partial charge in [-0.15, -0.1) is 0 Å². The Hall–Kier alpha value is -0.880. The summed E-state index contributed by atoms with van der Waals surface area (Å²) in [5.74, 6) is 1.20. The highest BCUT2D eigenvalue weighted by atomic mass is 32.2. The van der Waals surface area contributed by atoms with Crippen molar-refractivity contribution in [2.75, 3.05) is 12.3 Å². The van der Waals surface area contributed by atoms with Crippen molar-refractivity contribution in [1.29, 1.82) is 0 Å². The highest BCUT2D eigenvalue weighted by Crippen LogP contribution is 2.40. The summed E-state index contributed by atoms with van der Waals surface area (Å²) in [4.78, 5) is 7.09. The van der Waals surface area contributed by atoms with Gasteiger partial charge in [-0.1, -0.05) is 27.7 Å². The lowest BCUT2D eigenvalue weighted by molar-refractivity contribution is 0.421. The number of nitrogens with zero attached hydrogens (tertiary/aromatic N) is 2. The van der Waals surface area contributed by atoms with E-state index in [4.69, 9.17) is 4.99 Å². The highest BCUT2D eigenvalue weighted by molar-refractivity contribution is 7.89. The summed E-state index contributed by atoms with van der Waals surface area (Å²) in [6.45, 7) is 13.2. The molecule has 1 N–H and O–H groups in total. The van der Waals surface area contributed by atoms with Crippen LogP contribution in [0, 0.1) is 5.41 Å². The van der Waals surface area contributed by atoms with Crippen LogP contribution in [0.1, 0.15) is 54.4 Å². The first-order valence-corrected chi connectivity index (χ1v) is 9.82. The number of sulfonamides is 1. The molecule has 5 nitrogen and oxygen atoms in total. The Kier molecular flexibility index (Phi) is 4.74. The van der Waals surface area contributed by atoms with Gasteiger partial charge in [-0.3, -0.25) is 4.99 Å². The van der Waals surface area contributed by atoms with E-state index in [1.165, 1.54) is 11.3 Å². The lowest BCUT2D eigenvalue weighted by Gasteiger charge is -2.37. The molecule has 0 radical (unpaired) electrons. The lowest BCUT2D eigenvalue weighted by atomic mass is 9.80. The van der Waals surface area contributed by atoms with Crippen LogP contribution in [0.15, 0.2) is 16.3 Å². The summed E-state index contributed by atoms with van der Waals surface area (Å²) in [6, 6.07) is 0.113. The minimum absolute atomic E-state index is 0.0360. The first kappa shape index (κ1) is 17.5. The van der Waals surface area contributed by atoms with E-state index >= 15 is 0 Å². The molecule has 0 bridgehead atoms. The standard InChI is InChI=1S/C16H29N3O2S/c1-7-14-17-11(3)15(16(4,5)6)13-9-12(10-19(13)14)18-22(20,21)8-2/h11-12,18H,7-10H2,1-6H3/t11-,12-/m0/s1. The van der Waals surface area contributed by atoms with Gasteiger partial charge in [0.15, 0.2) is 0 Å². The van der Waals surface area contributed by atoms with Crippen LogP contribution in [-0.2, 0) is 10.0 Å². The van der Waals surface area contributed by atoms with Crippen LogP contribution in [0.3, 0.4) is 0 Å². The number of hydrogen-bond donors (Lipinski definition) is 1. The largest absolute Gasteiger partial charge is 0.332 e. The maximum atomic E-state index is 11.9. The van der Waals surface area contributed by atoms with Gasteiger partial charge in [0, 0.05) is 31.1 Å². The van der Waals surface area contributed by atoms with Gasteiger partial charge in [-0.2, -0.15) is 0 Å². The molecule has 0 aliphatic carbocycles. The SMILES string of the molecule is CCC1=N[C@@H](C)C(C(C)(C)C)=C2C[C@H](NS(=O)(=O)CC)CN12. The van der Waals surface area contributed by atoms with E-state index < -0.39 is 10.0 Å². The van der Waals surface area contributed by atoms with Crippen LogP contribution in [0.5, 0.6) is 0 Å². The van der Waals surface area contributed by atoms with Gasteiger partial charge in [0.05, 0.1) is 11.8 Å². The Bertz CT molecular complexity index is 599. The van der Waals surface area contributed by atoms with Crippen molar-refractivity contribution in [2.24, 2.45) is 10.4 Å². The Balaban J connectivity index is 2.37. The second-order valence-electron chi connectivity index (χ2n) is 7.22. The first-order chi connectivity index (χ1) is 10.1. The predicted octanol–water partition coefficient (Wildman–Crippen LogP) is 2.51. The smallest absolute Gasteiger partial charge is 0.211 e. The van der Waals surface area contributed by atoms with Crippen molar-refractivity contribution >= 4 is 15.9 Å². The number of aliphatic imine (C=N–C) groups is 1. The molecule has 2 aliphatic rings. The Labute approximate surface area is 134 Å². The van der Waals surface area contributed by atoms with Gasteiger partial charge >= 0.3 is 0 Å². The summed E-state index contributed by atoms with van der Waals surface area (Å²) in [5, 5.41) is 0. The van der Waals surface area contributed by atoms with Gasteiger partial charge in [0.25, 0.3) is 0 Å². The van der Waals surface area contributed by atoms with Crippen LogP contribution in [-0.4, -0.2) is 43.5 Å². The maximum absolute atomic E-state index is 11.9. The van der Waals surface area contributed by atoms with Crippen molar-refractivity contribution < 1.29 is 8.42 Å². The molecule has 0 aromatic carbocycles. The number of fused-ring (bicyclic) bond motifs is 1. The minimum atomic E-state index is -3.18. The van der Waals surface area contributed by atoms with Crippen molar-refractivity contribution in [3.8, 4) is 0 Å². The van der Waals surface area contributed by atoms with E-state index in [2.05, 4.69) is 44.2 Å². The molecular formula is C16H29N3O2S. The van der Waals surface area contributed by atoms with Gasteiger partial charge in [0.2, 0.25) is 10.0 Å². The zero-order valence-corrected chi connectivity index (χ0v) is 15.4. The van der Waals surface area contributed by atoms with Crippen LogP contribution < -0.4 is 4.72 Å². The second-order valence-corrected chi connectivity index (χ2v) is 9.26. The molecule has 126 valence electrons. The molecule has 6 heteroatoms. The van der Waals surface area contributed by atoms with E-state index in [0.717, 1.165) is 18.7 Å². The van der Waals surface area contributed by atoms with Crippen molar-refractivity contribution in [1.82, 2.24) is 9.62 Å². The number of amidine groups is 1. The van der Waals surface area contributed by atoms with E-state index in [1.54, 1.807) is 6.92 Å². The fourth-order valence-corrected chi connectivity index (χ4v) is 4.44. The summed E-state index contributed by atoms with van der Waals surface area (Å²) in [5.41, 5.74) is 2.65. The molecule has 2 aliphatic heterocycles. The molecule has 1 saturated heterocycles. The van der Waals surface area contributed by atoms with Gasteiger partial charge < -0.3 is 4.90 Å². The fourth-order valence-electron chi connectivity index (χ4n) is 3.61. The zero-order chi connectivity index (χ0) is 16.7. The minimum Gasteiger partial charge on any atom is -0.332 e. The fraction of sp³-hybridized carbons (Fsp3) is 0.812. The topological polar surface area (TPSA) is 61.8 Å². The van der Waals surface area contributed by atoms with Crippen molar-refractivity contribution in [3.05, 3.63) is 11.3 Å². The monoisotopic (exact) mass is 327 g/mol. The number of hydrogen-bond acceptors (Lipinski definition) is 4. The summed E-state index contributed by atoms with van der Waals surface area (Å²) < 4.78 is 26.6. The Morgan fingerprint density at radius 3 is 2.45 bits per heavy atom. The van der Waals surface area contributed by atoms with Gasteiger partial charge in [-0.25, -0.2) is 13.1 Å². The quantitative estimate of drug-likeness (QED) is 0.863. The molecular weight excluding hydrogens is 298 g/mol. The average molecular weight is 327 g/mol. The number of rotatable bonds is 4. The molecule has 0 amide bonds. The molecule has 0 spiro atoms. The molecule has 22 heavy (non-hydrogen) atoms. The normalized spacial score (nSPS) is 26.3. The zero-order valence-electron chi connectivity index (χ0n) is 14.6. The lowest BCUT2D eigenvalue weighted by Crippen LogP contribution is -2.40.